The van der Waals surface area contributed by atoms with Gasteiger partial charge in [-0.05, 0) is 7.89 Å². The van der Waals surface area contributed by atoms with E-state index in [0.717, 1.165) is 21.2 Å². The van der Waals surface area contributed by atoms with Crippen molar-refractivity contribution >= 4 is 50.3 Å². The minimum absolute atomic E-state index is 0.373. The first kappa shape index (κ1) is 6.94. The Bertz CT molecular complexity index is 307. The fourth-order valence-corrected chi connectivity index (χ4v) is 3.38. The summed E-state index contributed by atoms with van der Waals surface area (Å²) >= 11 is 11.4. The number of hydrogen-bond donors (Lipinski definition) is 0. The van der Waals surface area contributed by atoms with Gasteiger partial charge < -0.3 is 0 Å². The molecule has 2 rings (SSSR count). The predicted octanol–water partition coefficient (Wildman–Crippen LogP) is 3.22. The van der Waals surface area contributed by atoms with Gasteiger partial charge in [0.1, 0.15) is 0 Å². The molecule has 0 atom stereocenters. The Morgan fingerprint density at radius 3 is 2.80 bits per heavy atom. The Labute approximate surface area is 70.5 Å². The van der Waals surface area contributed by atoms with E-state index in [1.165, 1.54) is 0 Å². The fraction of sp³-hybridized carbons (Fsp3) is 0. The molecule has 0 aromatic heterocycles. The summed E-state index contributed by atoms with van der Waals surface area (Å²) in [5.74, 6) is 0.707. The van der Waals surface area contributed by atoms with Gasteiger partial charge in [-0.25, -0.2) is 9.74 Å². The Kier molecular flexibility index (Phi) is 1.66. The SMILES string of the molecule is ClC1=C(Cl)C2=PP=NC2=N1. The summed E-state index contributed by atoms with van der Waals surface area (Å²) in [6.07, 6.45) is 0. The molecule has 2 aliphatic heterocycles. The highest BCUT2D eigenvalue weighted by Gasteiger charge is 2.23. The second-order valence-electron chi connectivity index (χ2n) is 1.68. The molecule has 2 heterocycles. The third-order valence-electron chi connectivity index (χ3n) is 1.09. The van der Waals surface area contributed by atoms with Crippen molar-refractivity contribution < 1.29 is 0 Å². The van der Waals surface area contributed by atoms with Crippen LogP contribution in [0.3, 0.4) is 0 Å². The maximum absolute atomic E-state index is 5.79. The maximum atomic E-state index is 5.79. The van der Waals surface area contributed by atoms with Crippen LogP contribution in [0.4, 0.5) is 0 Å². The zero-order valence-corrected chi connectivity index (χ0v) is 7.85. The lowest BCUT2D eigenvalue weighted by Gasteiger charge is -1.86. The Morgan fingerprint density at radius 1 is 1.30 bits per heavy atom. The monoisotopic (exact) mass is 208 g/mol. The Morgan fingerprint density at radius 2 is 2.10 bits per heavy atom. The van der Waals surface area contributed by atoms with Gasteiger partial charge in [0.05, 0.1) is 18.4 Å². The van der Waals surface area contributed by atoms with E-state index in [0.29, 0.717) is 16.0 Å². The van der Waals surface area contributed by atoms with Gasteiger partial charge in [-0.3, -0.25) is 0 Å². The van der Waals surface area contributed by atoms with E-state index in [4.69, 9.17) is 23.2 Å². The number of amidine groups is 1. The molecule has 50 valence electrons. The highest BCUT2D eigenvalue weighted by Crippen LogP contribution is 2.39. The lowest BCUT2D eigenvalue weighted by atomic mass is 10.4. The summed E-state index contributed by atoms with van der Waals surface area (Å²) in [4.78, 5) is 3.94. The standard InChI is InChI=1S/C4Cl2N2P2/c5-1-2-4(7-3(1)6)8-10-9-2. The van der Waals surface area contributed by atoms with Gasteiger partial charge in [0.25, 0.3) is 0 Å². The van der Waals surface area contributed by atoms with Crippen molar-refractivity contribution in [1.82, 2.24) is 0 Å². The van der Waals surface area contributed by atoms with E-state index in [9.17, 15) is 0 Å². The van der Waals surface area contributed by atoms with Crippen molar-refractivity contribution in [2.24, 2.45) is 9.74 Å². The van der Waals surface area contributed by atoms with Crippen LogP contribution in [-0.2, 0) is 0 Å². The molecule has 0 aliphatic carbocycles. The molecule has 0 saturated heterocycles. The van der Waals surface area contributed by atoms with Crippen LogP contribution in [-0.4, -0.2) is 11.1 Å². The van der Waals surface area contributed by atoms with Crippen molar-refractivity contribution in [3.63, 3.8) is 0 Å². The van der Waals surface area contributed by atoms with Crippen LogP contribution in [0, 0.1) is 0 Å². The zero-order chi connectivity index (χ0) is 7.14. The second-order valence-corrected chi connectivity index (χ2v) is 4.58. The lowest BCUT2D eigenvalue weighted by Crippen LogP contribution is -1.99. The van der Waals surface area contributed by atoms with Crippen molar-refractivity contribution in [1.29, 1.82) is 0 Å². The molecule has 0 aromatic carbocycles. The smallest absolute Gasteiger partial charge is 0.172 e. The van der Waals surface area contributed by atoms with Crippen LogP contribution in [0.25, 0.3) is 0 Å². The van der Waals surface area contributed by atoms with Gasteiger partial charge in [0, 0.05) is 0 Å². The summed E-state index contributed by atoms with van der Waals surface area (Å²) in [6.45, 7) is 0. The Hall–Kier alpha value is 0.260. The molecule has 0 spiro atoms. The summed E-state index contributed by atoms with van der Waals surface area (Å²) in [6, 6.07) is 0. The van der Waals surface area contributed by atoms with E-state index >= 15 is 0 Å². The van der Waals surface area contributed by atoms with Gasteiger partial charge in [0.2, 0.25) is 0 Å². The lowest BCUT2D eigenvalue weighted by molar-refractivity contribution is 1.53. The molecule has 10 heavy (non-hydrogen) atoms. The quantitative estimate of drug-likeness (QED) is 0.432. The molecule has 0 unspecified atom stereocenters. The van der Waals surface area contributed by atoms with E-state index in [-0.39, 0.29) is 0 Å². The van der Waals surface area contributed by atoms with Gasteiger partial charge in [-0.15, -0.1) is 0 Å². The highest BCUT2D eigenvalue weighted by atomic mass is 35.5. The van der Waals surface area contributed by atoms with E-state index in [1.807, 2.05) is 0 Å². The van der Waals surface area contributed by atoms with Crippen LogP contribution in [0.15, 0.2) is 19.9 Å². The molecule has 2 aliphatic rings. The molecule has 0 aromatic rings. The third-order valence-corrected chi connectivity index (χ3v) is 4.09. The molecule has 0 radical (unpaired) electrons. The van der Waals surface area contributed by atoms with Crippen LogP contribution in [0.5, 0.6) is 0 Å². The van der Waals surface area contributed by atoms with Crippen LogP contribution >= 0.6 is 39.2 Å². The Balaban J connectivity index is 2.56. The number of halogens is 2. The van der Waals surface area contributed by atoms with Crippen molar-refractivity contribution in [3.8, 4) is 0 Å². The topological polar surface area (TPSA) is 24.7 Å². The molecule has 0 bridgehead atoms. The molecule has 2 nitrogen and oxygen atoms in total. The number of rotatable bonds is 0. The first-order valence-electron chi connectivity index (χ1n) is 2.42. The maximum Gasteiger partial charge on any atom is 0.172 e. The highest BCUT2D eigenvalue weighted by molar-refractivity contribution is 8.08. The predicted molar refractivity (Wildman–Crippen MR) is 47.4 cm³/mol. The zero-order valence-electron chi connectivity index (χ0n) is 4.54. The first-order chi connectivity index (χ1) is 4.79. The molecule has 0 saturated carbocycles. The second kappa shape index (κ2) is 2.39. The van der Waals surface area contributed by atoms with Gasteiger partial charge in [-0.1, -0.05) is 23.2 Å². The summed E-state index contributed by atoms with van der Waals surface area (Å²) in [7, 11) is 2.07. The molecule has 6 heteroatoms. The summed E-state index contributed by atoms with van der Waals surface area (Å²) in [5.41, 5.74) is 0. The van der Waals surface area contributed by atoms with Crippen molar-refractivity contribution in [2.45, 2.75) is 0 Å². The van der Waals surface area contributed by atoms with Crippen LogP contribution in [0.1, 0.15) is 0 Å². The number of aliphatic imine (C=N–C) groups is 1. The molecule has 0 N–H and O–H groups in total. The van der Waals surface area contributed by atoms with Crippen molar-refractivity contribution in [3.05, 3.63) is 10.2 Å². The van der Waals surface area contributed by atoms with Gasteiger partial charge in [-0.2, -0.15) is 0 Å². The number of hydrogen-bond acceptors (Lipinski definition) is 2. The van der Waals surface area contributed by atoms with E-state index in [2.05, 4.69) is 9.74 Å². The summed E-state index contributed by atoms with van der Waals surface area (Å²) in [5, 5.41) is 1.90. The fourth-order valence-electron chi connectivity index (χ4n) is 0.659. The molecule has 0 amide bonds. The van der Waals surface area contributed by atoms with Crippen LogP contribution < -0.4 is 0 Å². The van der Waals surface area contributed by atoms with Crippen molar-refractivity contribution in [2.75, 3.05) is 0 Å². The minimum atomic E-state index is 0.373. The van der Waals surface area contributed by atoms with Crippen LogP contribution in [0.2, 0.25) is 0 Å². The van der Waals surface area contributed by atoms with E-state index < -0.39 is 0 Å². The molecular weight excluding hydrogens is 209 g/mol. The third kappa shape index (κ3) is 0.879. The largest absolute Gasteiger partial charge is 0.214 e. The molecule has 0 fully saturated rings. The molecular formula is C4Cl2N2P2. The minimum Gasteiger partial charge on any atom is -0.214 e. The van der Waals surface area contributed by atoms with Gasteiger partial charge in [0.15, 0.2) is 11.0 Å². The van der Waals surface area contributed by atoms with E-state index in [1.54, 1.807) is 0 Å². The first-order valence-corrected chi connectivity index (χ1v) is 5.63. The number of nitrogens with zero attached hydrogens (tertiary/aromatic N) is 2. The summed E-state index contributed by atoms with van der Waals surface area (Å²) < 4.78 is 4.06. The normalized spacial score (nSPS) is 24.6. The average molecular weight is 209 g/mol. The average Bonchev–Trinajstić information content (AvgIpc) is 2.41. The van der Waals surface area contributed by atoms with Gasteiger partial charge >= 0.3 is 0 Å². The number of fused-ring (bicyclic) bond motifs is 1.